The molecule has 2 N–H and O–H groups in total. The first kappa shape index (κ1) is 14.8. The number of sulfone groups is 1. The highest BCUT2D eigenvalue weighted by atomic mass is 32.2. The molecule has 110 valence electrons. The Labute approximate surface area is 118 Å². The number of ether oxygens (including phenoxy) is 1. The number of hydrogen-bond acceptors (Lipinski definition) is 4. The SMILES string of the molecule is CS(=O)(=O)c1ccc(NC(=O)NC[C@@H]2CCCO2)cc1. The number of urea groups is 1. The van der Waals surface area contributed by atoms with Crippen LogP contribution < -0.4 is 10.6 Å². The van der Waals surface area contributed by atoms with Crippen molar-refractivity contribution in [1.82, 2.24) is 5.32 Å². The molecule has 2 rings (SSSR count). The van der Waals surface area contributed by atoms with Crippen LogP contribution in [0.1, 0.15) is 12.8 Å². The molecule has 2 amide bonds. The van der Waals surface area contributed by atoms with E-state index >= 15 is 0 Å². The molecular formula is C13H18N2O4S. The third-order valence-corrected chi connectivity index (χ3v) is 4.18. The zero-order chi connectivity index (χ0) is 14.6. The Morgan fingerprint density at radius 3 is 2.60 bits per heavy atom. The number of benzene rings is 1. The van der Waals surface area contributed by atoms with Gasteiger partial charge in [-0.15, -0.1) is 0 Å². The molecule has 0 bridgehead atoms. The predicted molar refractivity (Wildman–Crippen MR) is 75.5 cm³/mol. The predicted octanol–water partition coefficient (Wildman–Crippen LogP) is 1.39. The maximum Gasteiger partial charge on any atom is 0.319 e. The van der Waals surface area contributed by atoms with Crippen LogP contribution in [-0.2, 0) is 14.6 Å². The van der Waals surface area contributed by atoms with Crippen molar-refractivity contribution in [3.8, 4) is 0 Å². The molecule has 1 atom stereocenters. The van der Waals surface area contributed by atoms with Gasteiger partial charge in [0.25, 0.3) is 0 Å². The molecule has 1 aliphatic heterocycles. The maximum absolute atomic E-state index is 11.7. The molecule has 1 fully saturated rings. The van der Waals surface area contributed by atoms with Crippen LogP contribution in [0.25, 0.3) is 0 Å². The van der Waals surface area contributed by atoms with Crippen LogP contribution in [0.3, 0.4) is 0 Å². The summed E-state index contributed by atoms with van der Waals surface area (Å²) in [6, 6.07) is 5.72. The van der Waals surface area contributed by atoms with Gasteiger partial charge in [0.1, 0.15) is 0 Å². The topological polar surface area (TPSA) is 84.5 Å². The van der Waals surface area contributed by atoms with Crippen molar-refractivity contribution < 1.29 is 17.9 Å². The van der Waals surface area contributed by atoms with E-state index in [2.05, 4.69) is 10.6 Å². The minimum absolute atomic E-state index is 0.0911. The zero-order valence-electron chi connectivity index (χ0n) is 11.3. The van der Waals surface area contributed by atoms with Crippen molar-refractivity contribution in [3.63, 3.8) is 0 Å². The van der Waals surface area contributed by atoms with E-state index in [1.807, 2.05) is 0 Å². The summed E-state index contributed by atoms with van der Waals surface area (Å²) in [4.78, 5) is 11.9. The quantitative estimate of drug-likeness (QED) is 0.879. The first-order valence-corrected chi connectivity index (χ1v) is 8.31. The minimum Gasteiger partial charge on any atom is -0.376 e. The molecule has 0 aliphatic carbocycles. The fraction of sp³-hybridized carbons (Fsp3) is 0.462. The van der Waals surface area contributed by atoms with Gasteiger partial charge in [-0.2, -0.15) is 0 Å². The summed E-state index contributed by atoms with van der Waals surface area (Å²) in [5.41, 5.74) is 0.544. The van der Waals surface area contributed by atoms with Gasteiger partial charge < -0.3 is 15.4 Å². The highest BCUT2D eigenvalue weighted by Crippen LogP contribution is 2.14. The van der Waals surface area contributed by atoms with Crippen LogP contribution in [0.5, 0.6) is 0 Å². The van der Waals surface area contributed by atoms with Crippen LogP contribution in [0.2, 0.25) is 0 Å². The second kappa shape index (κ2) is 6.23. The molecule has 1 heterocycles. The standard InChI is InChI=1S/C13H18N2O4S/c1-20(17,18)12-6-4-10(5-7-12)15-13(16)14-9-11-3-2-8-19-11/h4-7,11H,2-3,8-9H2,1H3,(H2,14,15,16)/t11-/m0/s1. The Hall–Kier alpha value is -1.60. The van der Waals surface area contributed by atoms with E-state index in [4.69, 9.17) is 4.74 Å². The summed E-state index contributed by atoms with van der Waals surface area (Å²) in [6.07, 6.45) is 3.22. The van der Waals surface area contributed by atoms with Crippen molar-refractivity contribution in [1.29, 1.82) is 0 Å². The summed E-state index contributed by atoms with van der Waals surface area (Å²) in [6.45, 7) is 1.23. The Bertz CT molecular complexity index is 563. The monoisotopic (exact) mass is 298 g/mol. The van der Waals surface area contributed by atoms with Gasteiger partial charge in [-0.25, -0.2) is 13.2 Å². The molecule has 6 nitrogen and oxygen atoms in total. The van der Waals surface area contributed by atoms with Crippen LogP contribution >= 0.6 is 0 Å². The number of anilines is 1. The summed E-state index contributed by atoms with van der Waals surface area (Å²) < 4.78 is 28.0. The molecule has 1 aromatic carbocycles. The molecule has 0 radical (unpaired) electrons. The second-order valence-corrected chi connectivity index (χ2v) is 6.78. The summed E-state index contributed by atoms with van der Waals surface area (Å²) in [5.74, 6) is 0. The molecule has 0 unspecified atom stereocenters. The lowest BCUT2D eigenvalue weighted by Crippen LogP contribution is -2.35. The third-order valence-electron chi connectivity index (χ3n) is 3.05. The van der Waals surface area contributed by atoms with Gasteiger partial charge in [-0.1, -0.05) is 0 Å². The van der Waals surface area contributed by atoms with E-state index in [-0.39, 0.29) is 17.0 Å². The molecule has 0 aromatic heterocycles. The summed E-state index contributed by atoms with van der Waals surface area (Å²) in [7, 11) is -3.21. The fourth-order valence-corrected chi connectivity index (χ4v) is 2.60. The highest BCUT2D eigenvalue weighted by molar-refractivity contribution is 7.90. The smallest absolute Gasteiger partial charge is 0.319 e. The van der Waals surface area contributed by atoms with Crippen LogP contribution in [0.4, 0.5) is 10.5 Å². The van der Waals surface area contributed by atoms with E-state index in [0.29, 0.717) is 12.2 Å². The Kier molecular flexibility index (Phi) is 4.61. The number of carbonyl (C=O) groups is 1. The van der Waals surface area contributed by atoms with Gasteiger partial charge in [-0.3, -0.25) is 0 Å². The van der Waals surface area contributed by atoms with Gasteiger partial charge >= 0.3 is 6.03 Å². The van der Waals surface area contributed by atoms with E-state index in [9.17, 15) is 13.2 Å². The Balaban J connectivity index is 1.84. The lowest BCUT2D eigenvalue weighted by atomic mass is 10.2. The van der Waals surface area contributed by atoms with Crippen molar-refractivity contribution >= 4 is 21.6 Å². The second-order valence-electron chi connectivity index (χ2n) is 4.77. The van der Waals surface area contributed by atoms with Gasteiger partial charge in [0.05, 0.1) is 11.0 Å². The number of carbonyl (C=O) groups excluding carboxylic acids is 1. The van der Waals surface area contributed by atoms with Gasteiger partial charge in [0, 0.05) is 25.1 Å². The highest BCUT2D eigenvalue weighted by Gasteiger charge is 2.16. The Morgan fingerprint density at radius 1 is 1.35 bits per heavy atom. The van der Waals surface area contributed by atoms with Crippen molar-refractivity contribution in [2.24, 2.45) is 0 Å². The molecule has 1 saturated heterocycles. The molecule has 20 heavy (non-hydrogen) atoms. The number of nitrogens with one attached hydrogen (secondary N) is 2. The normalized spacial score (nSPS) is 18.8. The first-order valence-electron chi connectivity index (χ1n) is 6.42. The van der Waals surface area contributed by atoms with Crippen molar-refractivity contribution in [2.75, 3.05) is 24.7 Å². The average Bonchev–Trinajstić information content (AvgIpc) is 2.89. The molecule has 7 heteroatoms. The zero-order valence-corrected chi connectivity index (χ0v) is 12.1. The summed E-state index contributed by atoms with van der Waals surface area (Å²) in [5, 5.41) is 5.37. The van der Waals surface area contributed by atoms with Gasteiger partial charge in [-0.05, 0) is 37.1 Å². The summed E-state index contributed by atoms with van der Waals surface area (Å²) >= 11 is 0. The average molecular weight is 298 g/mol. The molecular weight excluding hydrogens is 280 g/mol. The van der Waals surface area contributed by atoms with Gasteiger partial charge in [0.15, 0.2) is 9.84 Å². The lowest BCUT2D eigenvalue weighted by Gasteiger charge is -2.11. The molecule has 0 spiro atoms. The van der Waals surface area contributed by atoms with E-state index in [1.54, 1.807) is 12.1 Å². The molecule has 1 aliphatic rings. The minimum atomic E-state index is -3.21. The van der Waals surface area contributed by atoms with Crippen molar-refractivity contribution in [3.05, 3.63) is 24.3 Å². The Morgan fingerprint density at radius 2 is 2.05 bits per heavy atom. The van der Waals surface area contributed by atoms with Crippen molar-refractivity contribution in [2.45, 2.75) is 23.8 Å². The lowest BCUT2D eigenvalue weighted by molar-refractivity contribution is 0.112. The van der Waals surface area contributed by atoms with Gasteiger partial charge in [0.2, 0.25) is 0 Å². The molecule has 0 saturated carbocycles. The molecule has 1 aromatic rings. The van der Waals surface area contributed by atoms with Crippen LogP contribution in [-0.4, -0.2) is 40.0 Å². The largest absolute Gasteiger partial charge is 0.376 e. The third kappa shape index (κ3) is 4.21. The number of rotatable bonds is 4. The first-order chi connectivity index (χ1) is 9.45. The number of amides is 2. The van der Waals surface area contributed by atoms with Crippen LogP contribution in [0, 0.1) is 0 Å². The maximum atomic E-state index is 11.7. The number of hydrogen-bond donors (Lipinski definition) is 2. The van der Waals surface area contributed by atoms with E-state index < -0.39 is 9.84 Å². The van der Waals surface area contributed by atoms with E-state index in [0.717, 1.165) is 25.7 Å². The van der Waals surface area contributed by atoms with Crippen LogP contribution in [0.15, 0.2) is 29.2 Å². The fourth-order valence-electron chi connectivity index (χ4n) is 1.97. The van der Waals surface area contributed by atoms with E-state index in [1.165, 1.54) is 12.1 Å².